The van der Waals surface area contributed by atoms with Crippen LogP contribution < -0.4 is 5.73 Å². The van der Waals surface area contributed by atoms with E-state index in [2.05, 4.69) is 0 Å². The van der Waals surface area contributed by atoms with Crippen molar-refractivity contribution in [2.75, 3.05) is 0 Å². The summed E-state index contributed by atoms with van der Waals surface area (Å²) in [6.45, 7) is 0. The molecule has 1 nitrogen and oxygen atoms in total. The summed E-state index contributed by atoms with van der Waals surface area (Å²) in [5, 5.41) is -0.0235. The van der Waals surface area contributed by atoms with Gasteiger partial charge in [0.2, 0.25) is 5.92 Å². The van der Waals surface area contributed by atoms with Gasteiger partial charge in [0, 0.05) is 18.4 Å². The predicted molar refractivity (Wildman–Crippen MR) is 60.7 cm³/mol. The fourth-order valence-electron chi connectivity index (χ4n) is 2.16. The van der Waals surface area contributed by atoms with Crippen molar-refractivity contribution in [2.45, 2.75) is 37.1 Å². The zero-order valence-electron chi connectivity index (χ0n) is 9.15. The molecule has 0 unspecified atom stereocenters. The van der Waals surface area contributed by atoms with E-state index < -0.39 is 17.3 Å². The maximum Gasteiger partial charge on any atom is 0.248 e. The Balaban J connectivity index is 2.24. The number of hydrogen-bond donors (Lipinski definition) is 1. The summed E-state index contributed by atoms with van der Waals surface area (Å²) in [5.41, 5.74) is 5.91. The maximum absolute atomic E-state index is 13.1. The summed E-state index contributed by atoms with van der Waals surface area (Å²) < 4.78 is 39.2. The topological polar surface area (TPSA) is 26.0 Å². The molecule has 5 heteroatoms. The predicted octanol–water partition coefficient (Wildman–Crippen LogP) is 3.84. The molecule has 1 aliphatic rings. The third kappa shape index (κ3) is 2.58. The van der Waals surface area contributed by atoms with E-state index >= 15 is 0 Å². The van der Waals surface area contributed by atoms with Crippen LogP contribution in [0.5, 0.6) is 0 Å². The van der Waals surface area contributed by atoms with Crippen LogP contribution in [0.1, 0.15) is 31.2 Å². The van der Waals surface area contributed by atoms with Crippen LogP contribution in [-0.4, -0.2) is 5.92 Å². The summed E-state index contributed by atoms with van der Waals surface area (Å²) >= 11 is 5.67. The molecule has 0 atom stereocenters. The Kier molecular flexibility index (Phi) is 3.12. The minimum Gasteiger partial charge on any atom is -0.321 e. The highest BCUT2D eigenvalue weighted by Gasteiger charge is 2.42. The number of halogens is 4. The van der Waals surface area contributed by atoms with Crippen molar-refractivity contribution >= 4 is 11.6 Å². The molecule has 1 fully saturated rings. The molecule has 1 aromatic rings. The van der Waals surface area contributed by atoms with Crippen LogP contribution in [0.15, 0.2) is 18.2 Å². The summed E-state index contributed by atoms with van der Waals surface area (Å²) in [6, 6.07) is 4.17. The van der Waals surface area contributed by atoms with Crippen molar-refractivity contribution in [1.82, 2.24) is 0 Å². The summed E-state index contributed by atoms with van der Waals surface area (Å²) in [6.07, 6.45) is -0.110. The molecule has 2 rings (SSSR count). The zero-order valence-corrected chi connectivity index (χ0v) is 9.91. The van der Waals surface area contributed by atoms with E-state index in [1.807, 2.05) is 0 Å². The second kappa shape index (κ2) is 4.18. The van der Waals surface area contributed by atoms with Crippen molar-refractivity contribution in [3.05, 3.63) is 34.6 Å². The van der Waals surface area contributed by atoms with E-state index in [0.717, 1.165) is 0 Å². The van der Waals surface area contributed by atoms with Gasteiger partial charge in [0.1, 0.15) is 5.82 Å². The summed E-state index contributed by atoms with van der Waals surface area (Å²) in [4.78, 5) is 0. The van der Waals surface area contributed by atoms with Gasteiger partial charge >= 0.3 is 0 Å². The Morgan fingerprint density at radius 2 is 1.71 bits per heavy atom. The van der Waals surface area contributed by atoms with Gasteiger partial charge in [-0.15, -0.1) is 0 Å². The molecule has 17 heavy (non-hydrogen) atoms. The van der Waals surface area contributed by atoms with Gasteiger partial charge in [-0.05, 0) is 30.5 Å². The van der Waals surface area contributed by atoms with Crippen LogP contribution in [0.4, 0.5) is 13.2 Å². The minimum absolute atomic E-state index is 0.0235. The lowest BCUT2D eigenvalue weighted by atomic mass is 9.76. The Morgan fingerprint density at radius 3 is 2.24 bits per heavy atom. The molecule has 0 spiro atoms. The number of rotatable bonds is 1. The molecule has 2 N–H and O–H groups in total. The SMILES string of the molecule is NC1(c2ccc(F)c(Cl)c2)CCC(F)(F)CC1. The second-order valence-electron chi connectivity index (χ2n) is 4.64. The lowest BCUT2D eigenvalue weighted by Gasteiger charge is -2.37. The first-order valence-corrected chi connectivity index (χ1v) is 5.82. The Bertz CT molecular complexity index is 424. The van der Waals surface area contributed by atoms with Crippen LogP contribution in [0.3, 0.4) is 0 Å². The van der Waals surface area contributed by atoms with E-state index in [1.165, 1.54) is 18.2 Å². The Hall–Kier alpha value is -0.740. The first kappa shape index (κ1) is 12.7. The number of benzene rings is 1. The van der Waals surface area contributed by atoms with Crippen molar-refractivity contribution in [1.29, 1.82) is 0 Å². The van der Waals surface area contributed by atoms with Gasteiger partial charge in [-0.25, -0.2) is 13.2 Å². The zero-order chi connectivity index (χ0) is 12.7. The van der Waals surface area contributed by atoms with Gasteiger partial charge in [-0.3, -0.25) is 0 Å². The first-order chi connectivity index (χ1) is 7.82. The highest BCUT2D eigenvalue weighted by molar-refractivity contribution is 6.30. The summed E-state index contributed by atoms with van der Waals surface area (Å²) in [5.74, 6) is -3.16. The van der Waals surface area contributed by atoms with E-state index in [1.54, 1.807) is 0 Å². The van der Waals surface area contributed by atoms with Crippen LogP contribution in [0, 0.1) is 5.82 Å². The second-order valence-corrected chi connectivity index (χ2v) is 5.05. The molecule has 0 radical (unpaired) electrons. The molecular weight excluding hydrogens is 251 g/mol. The summed E-state index contributed by atoms with van der Waals surface area (Å²) in [7, 11) is 0. The highest BCUT2D eigenvalue weighted by Crippen LogP contribution is 2.42. The van der Waals surface area contributed by atoms with E-state index in [4.69, 9.17) is 17.3 Å². The van der Waals surface area contributed by atoms with Crippen molar-refractivity contribution in [3.8, 4) is 0 Å². The molecule has 1 aliphatic carbocycles. The van der Waals surface area contributed by atoms with Gasteiger partial charge in [0.25, 0.3) is 0 Å². The molecule has 0 bridgehead atoms. The van der Waals surface area contributed by atoms with Crippen molar-refractivity contribution in [3.63, 3.8) is 0 Å². The van der Waals surface area contributed by atoms with Crippen LogP contribution in [0.25, 0.3) is 0 Å². The third-order valence-corrected chi connectivity index (χ3v) is 3.66. The van der Waals surface area contributed by atoms with E-state index in [0.29, 0.717) is 5.56 Å². The molecule has 0 amide bonds. The maximum atomic E-state index is 13.1. The number of nitrogens with two attached hydrogens (primary N) is 1. The van der Waals surface area contributed by atoms with Crippen LogP contribution in [-0.2, 0) is 5.54 Å². The lowest BCUT2D eigenvalue weighted by molar-refractivity contribution is -0.0514. The Morgan fingerprint density at radius 1 is 1.12 bits per heavy atom. The van der Waals surface area contributed by atoms with Gasteiger partial charge in [-0.1, -0.05) is 17.7 Å². The molecule has 1 aromatic carbocycles. The highest BCUT2D eigenvalue weighted by atomic mass is 35.5. The molecule has 0 saturated heterocycles. The molecule has 1 saturated carbocycles. The van der Waals surface area contributed by atoms with Crippen LogP contribution >= 0.6 is 11.6 Å². The first-order valence-electron chi connectivity index (χ1n) is 5.45. The quantitative estimate of drug-likeness (QED) is 0.818. The fraction of sp³-hybridized carbons (Fsp3) is 0.500. The van der Waals surface area contributed by atoms with E-state index in [9.17, 15) is 13.2 Å². The average molecular weight is 264 g/mol. The van der Waals surface area contributed by atoms with Gasteiger partial charge in [0.15, 0.2) is 0 Å². The molecular formula is C12H13ClF3N. The molecule has 0 aliphatic heterocycles. The fourth-order valence-corrected chi connectivity index (χ4v) is 2.34. The van der Waals surface area contributed by atoms with E-state index in [-0.39, 0.29) is 30.7 Å². The van der Waals surface area contributed by atoms with Crippen molar-refractivity contribution in [2.24, 2.45) is 5.73 Å². The number of hydrogen-bond acceptors (Lipinski definition) is 1. The van der Waals surface area contributed by atoms with Gasteiger partial charge < -0.3 is 5.73 Å². The normalized spacial score (nSPS) is 22.4. The standard InChI is InChI=1S/C12H13ClF3N/c13-9-7-8(1-2-10(9)14)11(17)3-5-12(15,16)6-4-11/h1-2,7H,3-6,17H2. The molecule has 0 heterocycles. The average Bonchev–Trinajstić information content (AvgIpc) is 2.27. The van der Waals surface area contributed by atoms with Gasteiger partial charge in [-0.2, -0.15) is 0 Å². The largest absolute Gasteiger partial charge is 0.321 e. The monoisotopic (exact) mass is 263 g/mol. The molecule has 94 valence electrons. The molecule has 0 aromatic heterocycles. The van der Waals surface area contributed by atoms with Crippen LogP contribution in [0.2, 0.25) is 5.02 Å². The third-order valence-electron chi connectivity index (χ3n) is 3.37. The van der Waals surface area contributed by atoms with Gasteiger partial charge in [0.05, 0.1) is 5.02 Å². The number of alkyl halides is 2. The Labute approximate surface area is 103 Å². The smallest absolute Gasteiger partial charge is 0.248 e. The van der Waals surface area contributed by atoms with Crippen molar-refractivity contribution < 1.29 is 13.2 Å². The minimum atomic E-state index is -2.63. The lowest BCUT2D eigenvalue weighted by Crippen LogP contribution is -2.43.